The molecule has 1 aliphatic rings. The third-order valence-corrected chi connectivity index (χ3v) is 4.60. The van der Waals surface area contributed by atoms with Crippen molar-refractivity contribution in [2.24, 2.45) is 7.05 Å². The number of rotatable bonds is 3. The van der Waals surface area contributed by atoms with E-state index in [0.29, 0.717) is 29.0 Å². The molecule has 128 valence electrons. The predicted octanol–water partition coefficient (Wildman–Crippen LogP) is 3.84. The van der Waals surface area contributed by atoms with Gasteiger partial charge in [0, 0.05) is 18.3 Å². The highest BCUT2D eigenvalue weighted by atomic mass is 35.5. The number of carbonyl (C=O) groups is 1. The van der Waals surface area contributed by atoms with Crippen LogP contribution in [0.2, 0.25) is 5.02 Å². The maximum absolute atomic E-state index is 12.6. The zero-order valence-electron chi connectivity index (χ0n) is 14.2. The van der Waals surface area contributed by atoms with E-state index in [2.05, 4.69) is 24.3 Å². The summed E-state index contributed by atoms with van der Waals surface area (Å²) in [5, 5.41) is 8.00. The molecule has 0 saturated carbocycles. The second-order valence-corrected chi connectivity index (χ2v) is 6.81. The highest BCUT2D eigenvalue weighted by Gasteiger charge is 2.25. The van der Waals surface area contributed by atoms with E-state index in [1.165, 1.54) is 0 Å². The Morgan fingerprint density at radius 1 is 1.46 bits per heavy atom. The first-order chi connectivity index (χ1) is 11.5. The average molecular weight is 348 g/mol. The summed E-state index contributed by atoms with van der Waals surface area (Å²) < 4.78 is 7.51. The molecule has 0 fully saturated rings. The number of para-hydroxylation sites is 1. The van der Waals surface area contributed by atoms with Crippen molar-refractivity contribution in [2.75, 3.05) is 6.61 Å². The third-order valence-electron chi connectivity index (χ3n) is 4.30. The molecule has 0 aliphatic carbocycles. The van der Waals surface area contributed by atoms with Crippen LogP contribution in [0.25, 0.3) is 0 Å². The van der Waals surface area contributed by atoms with Gasteiger partial charge in [-0.2, -0.15) is 5.10 Å². The summed E-state index contributed by atoms with van der Waals surface area (Å²) in [7, 11) is 1.86. The Hall–Kier alpha value is -2.01. The molecule has 0 saturated heterocycles. The van der Waals surface area contributed by atoms with E-state index in [0.717, 1.165) is 24.1 Å². The normalized spacial score (nSPS) is 17.1. The van der Waals surface area contributed by atoms with Crippen molar-refractivity contribution in [1.29, 1.82) is 0 Å². The number of halogens is 1. The van der Waals surface area contributed by atoms with E-state index in [1.807, 2.05) is 25.2 Å². The Bertz CT molecular complexity index is 755. The van der Waals surface area contributed by atoms with Crippen LogP contribution in [0.4, 0.5) is 0 Å². The van der Waals surface area contributed by atoms with Crippen molar-refractivity contribution < 1.29 is 9.53 Å². The molecule has 1 atom stereocenters. The van der Waals surface area contributed by atoms with E-state index in [1.54, 1.807) is 10.7 Å². The first-order valence-corrected chi connectivity index (χ1v) is 8.61. The summed E-state index contributed by atoms with van der Waals surface area (Å²) >= 11 is 6.24. The van der Waals surface area contributed by atoms with Crippen molar-refractivity contribution in [2.45, 2.75) is 38.6 Å². The molecule has 0 spiro atoms. The van der Waals surface area contributed by atoms with Gasteiger partial charge >= 0.3 is 0 Å². The summed E-state index contributed by atoms with van der Waals surface area (Å²) in [4.78, 5) is 12.6. The van der Waals surface area contributed by atoms with E-state index in [-0.39, 0.29) is 11.9 Å². The highest BCUT2D eigenvalue weighted by molar-refractivity contribution is 6.32. The number of ether oxygens (including phenoxy) is 1. The number of hydrogen-bond acceptors (Lipinski definition) is 3. The Balaban J connectivity index is 1.85. The van der Waals surface area contributed by atoms with Crippen molar-refractivity contribution in [3.63, 3.8) is 0 Å². The standard InChI is InChI=1S/C18H22ClN3O2/c1-11(2)16-10-15(21-22(16)3)18(23)20-14-8-5-9-24-17-12(14)6-4-7-13(17)19/h4,6-7,10-11,14H,5,8-9H2,1-3H3,(H,20,23). The molecule has 1 N–H and O–H groups in total. The van der Waals surface area contributed by atoms with Gasteiger partial charge in [0.2, 0.25) is 0 Å². The van der Waals surface area contributed by atoms with Crippen LogP contribution in [0.15, 0.2) is 24.3 Å². The molecule has 1 aromatic carbocycles. The smallest absolute Gasteiger partial charge is 0.272 e. The van der Waals surface area contributed by atoms with Gasteiger partial charge in [-0.05, 0) is 30.9 Å². The largest absolute Gasteiger partial charge is 0.492 e. The van der Waals surface area contributed by atoms with Crippen LogP contribution in [-0.2, 0) is 7.05 Å². The van der Waals surface area contributed by atoms with Crippen LogP contribution in [0.5, 0.6) is 5.75 Å². The molecule has 1 aromatic heterocycles. The molecular weight excluding hydrogens is 326 g/mol. The van der Waals surface area contributed by atoms with Gasteiger partial charge in [-0.25, -0.2) is 0 Å². The average Bonchev–Trinajstić information content (AvgIpc) is 2.81. The molecule has 1 aliphatic heterocycles. The molecule has 6 heteroatoms. The summed E-state index contributed by atoms with van der Waals surface area (Å²) in [6.45, 7) is 4.77. The Morgan fingerprint density at radius 3 is 2.96 bits per heavy atom. The van der Waals surface area contributed by atoms with Gasteiger partial charge in [0.05, 0.1) is 17.7 Å². The number of amides is 1. The Morgan fingerprint density at radius 2 is 2.25 bits per heavy atom. The lowest BCUT2D eigenvalue weighted by atomic mass is 10.0. The van der Waals surface area contributed by atoms with E-state index < -0.39 is 0 Å². The monoisotopic (exact) mass is 347 g/mol. The Labute approximate surface area is 147 Å². The van der Waals surface area contributed by atoms with Gasteiger partial charge in [0.1, 0.15) is 11.4 Å². The van der Waals surface area contributed by atoms with Crippen molar-refractivity contribution in [3.05, 3.63) is 46.2 Å². The number of aryl methyl sites for hydroxylation is 1. The first kappa shape index (κ1) is 16.8. The van der Waals surface area contributed by atoms with E-state index >= 15 is 0 Å². The molecule has 5 nitrogen and oxygen atoms in total. The SMILES string of the molecule is CC(C)c1cc(C(=O)NC2CCCOc3c(Cl)cccc32)nn1C. The van der Waals surface area contributed by atoms with Crippen molar-refractivity contribution in [1.82, 2.24) is 15.1 Å². The van der Waals surface area contributed by atoms with Crippen LogP contribution in [0, 0.1) is 0 Å². The van der Waals surface area contributed by atoms with Gasteiger partial charge in [0.25, 0.3) is 5.91 Å². The first-order valence-electron chi connectivity index (χ1n) is 8.23. The van der Waals surface area contributed by atoms with Crippen LogP contribution in [0.1, 0.15) is 60.4 Å². The fraction of sp³-hybridized carbons (Fsp3) is 0.444. The summed E-state index contributed by atoms with van der Waals surface area (Å²) in [6.07, 6.45) is 1.67. The second-order valence-electron chi connectivity index (χ2n) is 6.41. The van der Waals surface area contributed by atoms with Crippen LogP contribution in [0.3, 0.4) is 0 Å². The quantitative estimate of drug-likeness (QED) is 0.917. The zero-order chi connectivity index (χ0) is 17.3. The lowest BCUT2D eigenvalue weighted by molar-refractivity contribution is 0.0929. The maximum atomic E-state index is 12.6. The van der Waals surface area contributed by atoms with E-state index in [4.69, 9.17) is 16.3 Å². The fourth-order valence-electron chi connectivity index (χ4n) is 3.08. The van der Waals surface area contributed by atoms with Crippen molar-refractivity contribution in [3.8, 4) is 5.75 Å². The number of nitrogens with zero attached hydrogens (tertiary/aromatic N) is 2. The molecule has 0 radical (unpaired) electrons. The minimum absolute atomic E-state index is 0.127. The molecule has 1 amide bonds. The van der Waals surface area contributed by atoms with Crippen LogP contribution in [-0.4, -0.2) is 22.3 Å². The number of aromatic nitrogens is 2. The third kappa shape index (κ3) is 3.26. The molecule has 24 heavy (non-hydrogen) atoms. The summed E-state index contributed by atoms with van der Waals surface area (Å²) in [5.41, 5.74) is 2.40. The molecular formula is C18H22ClN3O2. The zero-order valence-corrected chi connectivity index (χ0v) is 14.9. The van der Waals surface area contributed by atoms with E-state index in [9.17, 15) is 4.79 Å². The van der Waals surface area contributed by atoms with Crippen molar-refractivity contribution >= 4 is 17.5 Å². The number of carbonyl (C=O) groups excluding carboxylic acids is 1. The summed E-state index contributed by atoms with van der Waals surface area (Å²) in [5.74, 6) is 0.816. The van der Waals surface area contributed by atoms with Gasteiger partial charge in [-0.3, -0.25) is 9.48 Å². The predicted molar refractivity (Wildman–Crippen MR) is 93.7 cm³/mol. The maximum Gasteiger partial charge on any atom is 0.272 e. The van der Waals surface area contributed by atoms with Crippen LogP contribution >= 0.6 is 11.6 Å². The van der Waals surface area contributed by atoms with Gasteiger partial charge in [-0.1, -0.05) is 37.6 Å². The number of nitrogens with one attached hydrogen (secondary N) is 1. The fourth-order valence-corrected chi connectivity index (χ4v) is 3.32. The highest BCUT2D eigenvalue weighted by Crippen LogP contribution is 2.37. The number of hydrogen-bond donors (Lipinski definition) is 1. The van der Waals surface area contributed by atoms with Crippen LogP contribution < -0.4 is 10.1 Å². The molecule has 1 unspecified atom stereocenters. The second kappa shape index (κ2) is 6.85. The molecule has 2 aromatic rings. The summed E-state index contributed by atoms with van der Waals surface area (Å²) in [6, 6.07) is 7.37. The number of fused-ring (bicyclic) bond motifs is 1. The lowest BCUT2D eigenvalue weighted by Crippen LogP contribution is -2.28. The van der Waals surface area contributed by atoms with Gasteiger partial charge < -0.3 is 10.1 Å². The molecule has 0 bridgehead atoms. The van der Waals surface area contributed by atoms with Gasteiger partial charge in [-0.15, -0.1) is 0 Å². The molecule has 3 rings (SSSR count). The Kier molecular flexibility index (Phi) is 4.81. The number of benzene rings is 1. The minimum atomic E-state index is -0.171. The van der Waals surface area contributed by atoms with Gasteiger partial charge in [0.15, 0.2) is 0 Å². The lowest BCUT2D eigenvalue weighted by Gasteiger charge is -2.18. The molecule has 2 heterocycles. The topological polar surface area (TPSA) is 56.1 Å². The minimum Gasteiger partial charge on any atom is -0.492 e.